The van der Waals surface area contributed by atoms with E-state index in [2.05, 4.69) is 95.9 Å². The van der Waals surface area contributed by atoms with Crippen molar-refractivity contribution in [3.8, 4) is 11.1 Å². The summed E-state index contributed by atoms with van der Waals surface area (Å²) in [6, 6.07) is 21.4. The molecule has 0 unspecified atom stereocenters. The van der Waals surface area contributed by atoms with Crippen molar-refractivity contribution in [3.05, 3.63) is 95.6 Å². The zero-order chi connectivity index (χ0) is 24.8. The summed E-state index contributed by atoms with van der Waals surface area (Å²) in [5, 5.41) is 5.36. The molecule has 0 saturated carbocycles. The average Bonchev–Trinajstić information content (AvgIpc) is 3.55. The van der Waals surface area contributed by atoms with Crippen LogP contribution in [0.2, 0.25) is 0 Å². The molecule has 0 amide bonds. The van der Waals surface area contributed by atoms with Crippen molar-refractivity contribution in [2.24, 2.45) is 14.1 Å². The largest absolute Gasteiger partial charge is 0.323 e. The first-order chi connectivity index (χ1) is 17.5. The first-order valence-electron chi connectivity index (χ1n) is 12.0. The normalized spacial score (nSPS) is 11.7. The van der Waals surface area contributed by atoms with Crippen LogP contribution < -0.4 is 0 Å². The third-order valence-corrected chi connectivity index (χ3v) is 7.80. The Morgan fingerprint density at radius 2 is 1.67 bits per heavy atom. The Labute approximate surface area is 214 Å². The Bertz CT molecular complexity index is 1720. The minimum Gasteiger partial charge on any atom is -0.323 e. The summed E-state index contributed by atoms with van der Waals surface area (Å²) in [5.74, 6) is 1.78. The summed E-state index contributed by atoms with van der Waals surface area (Å²) >= 11 is 1.73. The monoisotopic (exact) mass is 492 g/mol. The number of thioether (sulfide) groups is 1. The van der Waals surface area contributed by atoms with Crippen molar-refractivity contribution in [1.29, 1.82) is 0 Å². The van der Waals surface area contributed by atoms with E-state index >= 15 is 0 Å². The van der Waals surface area contributed by atoms with Gasteiger partial charge in [0.15, 0.2) is 5.16 Å². The van der Waals surface area contributed by atoms with E-state index in [9.17, 15) is 0 Å². The van der Waals surface area contributed by atoms with Gasteiger partial charge in [0.05, 0.1) is 34.0 Å². The number of hydrogen-bond donors (Lipinski definition) is 0. The van der Waals surface area contributed by atoms with Crippen LogP contribution >= 0.6 is 11.8 Å². The van der Waals surface area contributed by atoms with Gasteiger partial charge in [0, 0.05) is 32.4 Å². The Morgan fingerprint density at radius 3 is 2.47 bits per heavy atom. The van der Waals surface area contributed by atoms with E-state index in [0.29, 0.717) is 0 Å². The summed E-state index contributed by atoms with van der Waals surface area (Å²) in [7, 11) is 4.03. The lowest BCUT2D eigenvalue weighted by Gasteiger charge is -2.13. The number of benzene rings is 3. The Morgan fingerprint density at radius 1 is 0.833 bits per heavy atom. The van der Waals surface area contributed by atoms with E-state index < -0.39 is 0 Å². The molecule has 0 radical (unpaired) electrons. The zero-order valence-electron chi connectivity index (χ0n) is 20.9. The van der Waals surface area contributed by atoms with Gasteiger partial charge in [0.1, 0.15) is 5.82 Å². The fraction of sp³-hybridized carbons (Fsp3) is 0.207. The molecule has 0 aliphatic rings. The molecule has 6 rings (SSSR count). The van der Waals surface area contributed by atoms with Crippen LogP contribution in [0.4, 0.5) is 0 Å². The van der Waals surface area contributed by atoms with Gasteiger partial charge in [0.25, 0.3) is 0 Å². The summed E-state index contributed by atoms with van der Waals surface area (Å²) in [6.07, 6.45) is 3.96. The Hall–Kier alpha value is -3.84. The maximum atomic E-state index is 5.08. The number of rotatable bonds is 6. The molecule has 180 valence electrons. The molecule has 36 heavy (non-hydrogen) atoms. The topological polar surface area (TPSA) is 53.5 Å². The molecule has 3 aromatic carbocycles. The van der Waals surface area contributed by atoms with Crippen LogP contribution in [0.1, 0.15) is 22.5 Å². The lowest BCUT2D eigenvalue weighted by Crippen LogP contribution is -2.06. The van der Waals surface area contributed by atoms with E-state index in [4.69, 9.17) is 9.97 Å². The smallest absolute Gasteiger partial charge is 0.169 e. The lowest BCUT2D eigenvalue weighted by molar-refractivity contribution is 0.768. The maximum absolute atomic E-state index is 5.08. The van der Waals surface area contributed by atoms with Gasteiger partial charge in [0.2, 0.25) is 0 Å². The third-order valence-electron chi connectivity index (χ3n) is 6.78. The molecule has 0 N–H and O–H groups in total. The van der Waals surface area contributed by atoms with E-state index in [1.807, 2.05) is 24.0 Å². The second kappa shape index (κ2) is 8.99. The number of para-hydroxylation sites is 2. The molecule has 0 saturated heterocycles. The molecule has 3 aromatic heterocycles. The van der Waals surface area contributed by atoms with Crippen molar-refractivity contribution in [1.82, 2.24) is 28.9 Å². The summed E-state index contributed by atoms with van der Waals surface area (Å²) < 4.78 is 6.37. The molecule has 0 aliphatic heterocycles. The quantitative estimate of drug-likeness (QED) is 0.257. The standard InChI is InChI=1S/C29H28N6S/c1-19-9-10-20(2)22(13-19)17-35-27-14-21(23-15-30-33(3)16-23)11-12-25(27)31-28(35)18-36-29-32-24-7-5-6-8-26(24)34(29)4/h5-16H,17-18H2,1-4H3. The van der Waals surface area contributed by atoms with Crippen molar-refractivity contribution in [3.63, 3.8) is 0 Å². The van der Waals surface area contributed by atoms with Gasteiger partial charge in [-0.15, -0.1) is 0 Å². The van der Waals surface area contributed by atoms with Gasteiger partial charge in [-0.2, -0.15) is 5.10 Å². The first kappa shape index (κ1) is 22.6. The minimum atomic E-state index is 0.735. The average molecular weight is 493 g/mol. The maximum Gasteiger partial charge on any atom is 0.169 e. The van der Waals surface area contributed by atoms with Crippen LogP contribution in [0.3, 0.4) is 0 Å². The van der Waals surface area contributed by atoms with Crippen LogP contribution in [0.15, 0.2) is 78.2 Å². The lowest BCUT2D eigenvalue weighted by atomic mass is 10.1. The van der Waals surface area contributed by atoms with E-state index in [-0.39, 0.29) is 0 Å². The van der Waals surface area contributed by atoms with Gasteiger partial charge < -0.3 is 9.13 Å². The predicted octanol–water partition coefficient (Wildman–Crippen LogP) is 6.28. The number of aromatic nitrogens is 6. The van der Waals surface area contributed by atoms with Crippen LogP contribution in [-0.4, -0.2) is 28.9 Å². The van der Waals surface area contributed by atoms with Crippen molar-refractivity contribution in [2.75, 3.05) is 0 Å². The number of hydrogen-bond acceptors (Lipinski definition) is 4. The summed E-state index contributed by atoms with van der Waals surface area (Å²) in [4.78, 5) is 9.94. The van der Waals surface area contributed by atoms with Crippen LogP contribution in [0, 0.1) is 13.8 Å². The van der Waals surface area contributed by atoms with Crippen LogP contribution in [-0.2, 0) is 26.4 Å². The SMILES string of the molecule is Cc1ccc(C)c(Cn2c(CSc3nc4ccccc4n3C)nc3ccc(-c4cnn(C)c4)cc32)c1. The van der Waals surface area contributed by atoms with Crippen molar-refractivity contribution >= 4 is 33.8 Å². The van der Waals surface area contributed by atoms with Gasteiger partial charge in [-0.25, -0.2) is 9.97 Å². The molecule has 0 fully saturated rings. The Balaban J connectivity index is 1.42. The van der Waals surface area contributed by atoms with Gasteiger partial charge in [-0.3, -0.25) is 4.68 Å². The highest BCUT2D eigenvalue weighted by molar-refractivity contribution is 7.98. The summed E-state index contributed by atoms with van der Waals surface area (Å²) in [5.41, 5.74) is 10.4. The van der Waals surface area contributed by atoms with E-state index in [0.717, 1.165) is 56.5 Å². The molecule has 0 aliphatic carbocycles. The predicted molar refractivity (Wildman–Crippen MR) is 147 cm³/mol. The highest BCUT2D eigenvalue weighted by atomic mass is 32.2. The number of fused-ring (bicyclic) bond motifs is 2. The van der Waals surface area contributed by atoms with Gasteiger partial charge in [-0.1, -0.05) is 53.7 Å². The number of nitrogens with zero attached hydrogens (tertiary/aromatic N) is 6. The molecular formula is C29H28N6S. The van der Waals surface area contributed by atoms with Crippen molar-refractivity contribution < 1.29 is 0 Å². The molecule has 6 aromatic rings. The molecule has 7 heteroatoms. The molecule has 3 heterocycles. The van der Waals surface area contributed by atoms with Gasteiger partial charge >= 0.3 is 0 Å². The number of aryl methyl sites for hydroxylation is 4. The van der Waals surface area contributed by atoms with Gasteiger partial charge in [-0.05, 0) is 54.8 Å². The zero-order valence-corrected chi connectivity index (χ0v) is 21.8. The van der Waals surface area contributed by atoms with E-state index in [1.165, 1.54) is 16.7 Å². The highest BCUT2D eigenvalue weighted by Gasteiger charge is 2.16. The van der Waals surface area contributed by atoms with Crippen LogP contribution in [0.25, 0.3) is 33.2 Å². The fourth-order valence-electron chi connectivity index (χ4n) is 4.73. The molecule has 0 atom stereocenters. The summed E-state index contributed by atoms with van der Waals surface area (Å²) in [6.45, 7) is 5.11. The third kappa shape index (κ3) is 4.09. The Kier molecular flexibility index (Phi) is 5.64. The molecule has 0 spiro atoms. The first-order valence-corrected chi connectivity index (χ1v) is 13.0. The molecular weight excluding hydrogens is 464 g/mol. The second-order valence-corrected chi connectivity index (χ2v) is 10.3. The van der Waals surface area contributed by atoms with Crippen molar-refractivity contribution in [2.45, 2.75) is 31.3 Å². The molecule has 6 nitrogen and oxygen atoms in total. The van der Waals surface area contributed by atoms with E-state index in [1.54, 1.807) is 11.8 Å². The van der Waals surface area contributed by atoms with Crippen LogP contribution in [0.5, 0.6) is 0 Å². The molecule has 0 bridgehead atoms. The fourth-order valence-corrected chi connectivity index (χ4v) is 5.67. The number of imidazole rings is 2. The minimum absolute atomic E-state index is 0.735. The second-order valence-electron chi connectivity index (χ2n) is 9.38. The highest BCUT2D eigenvalue weighted by Crippen LogP contribution is 2.30.